The average Bonchev–Trinajstić information content (AvgIpc) is 2.67. The molecule has 6 heteroatoms. The zero-order valence-electron chi connectivity index (χ0n) is 15.4. The zero-order valence-corrected chi connectivity index (χ0v) is 15.4. The molecule has 2 aromatic carbocycles. The van der Waals surface area contributed by atoms with E-state index in [1.54, 1.807) is 17.0 Å². The third-order valence-corrected chi connectivity index (χ3v) is 4.61. The topological polar surface area (TPSA) is 49.9 Å². The molecule has 142 valence electrons. The second-order valence-corrected chi connectivity index (χ2v) is 6.67. The highest BCUT2D eigenvalue weighted by Gasteiger charge is 2.22. The standard InChI is InChI=1S/C21H23FN2O3/c1-16-3-2-4-17(13-16)14-21(26)27-15-20(25)24-11-9-23(10-12-24)19-7-5-18(22)6-8-19/h2-8,13H,9-12,14-15H2,1H3. The molecule has 5 nitrogen and oxygen atoms in total. The minimum Gasteiger partial charge on any atom is -0.455 e. The number of hydrogen-bond donors (Lipinski definition) is 0. The van der Waals surface area contributed by atoms with Crippen molar-refractivity contribution in [2.45, 2.75) is 13.3 Å². The molecule has 1 aliphatic rings. The number of esters is 1. The first kappa shape index (κ1) is 18.9. The lowest BCUT2D eigenvalue weighted by atomic mass is 10.1. The molecule has 0 spiro atoms. The Bertz CT molecular complexity index is 799. The molecule has 1 heterocycles. The van der Waals surface area contributed by atoms with E-state index in [-0.39, 0.29) is 24.8 Å². The summed E-state index contributed by atoms with van der Waals surface area (Å²) in [6.07, 6.45) is 0.160. The van der Waals surface area contributed by atoms with Gasteiger partial charge in [-0.25, -0.2) is 4.39 Å². The van der Waals surface area contributed by atoms with Gasteiger partial charge in [0.15, 0.2) is 6.61 Å². The average molecular weight is 370 g/mol. The van der Waals surface area contributed by atoms with Gasteiger partial charge in [-0.2, -0.15) is 0 Å². The smallest absolute Gasteiger partial charge is 0.310 e. The minimum atomic E-state index is -0.404. The molecule has 27 heavy (non-hydrogen) atoms. The van der Waals surface area contributed by atoms with Crippen LogP contribution in [-0.2, 0) is 20.7 Å². The summed E-state index contributed by atoms with van der Waals surface area (Å²) in [4.78, 5) is 28.0. The molecule has 0 N–H and O–H groups in total. The lowest BCUT2D eigenvalue weighted by molar-refractivity contribution is -0.151. The van der Waals surface area contributed by atoms with E-state index in [0.29, 0.717) is 26.2 Å². The molecule has 1 aliphatic heterocycles. The van der Waals surface area contributed by atoms with Crippen molar-refractivity contribution >= 4 is 17.6 Å². The Morgan fingerprint density at radius 2 is 1.74 bits per heavy atom. The number of halogens is 1. The number of benzene rings is 2. The zero-order chi connectivity index (χ0) is 19.2. The van der Waals surface area contributed by atoms with Gasteiger partial charge < -0.3 is 14.5 Å². The van der Waals surface area contributed by atoms with Crippen LogP contribution in [0.25, 0.3) is 0 Å². The molecule has 0 radical (unpaired) electrons. The van der Waals surface area contributed by atoms with Gasteiger partial charge in [0.25, 0.3) is 5.91 Å². The summed E-state index contributed by atoms with van der Waals surface area (Å²) in [6.45, 7) is 4.14. The van der Waals surface area contributed by atoms with Gasteiger partial charge in [0, 0.05) is 31.9 Å². The van der Waals surface area contributed by atoms with E-state index in [0.717, 1.165) is 16.8 Å². The number of carbonyl (C=O) groups excluding carboxylic acids is 2. The first-order valence-electron chi connectivity index (χ1n) is 9.01. The Labute approximate surface area is 158 Å². The maximum atomic E-state index is 13.0. The van der Waals surface area contributed by atoms with Crippen molar-refractivity contribution in [2.75, 3.05) is 37.7 Å². The number of nitrogens with zero attached hydrogens (tertiary/aromatic N) is 2. The fourth-order valence-electron chi connectivity index (χ4n) is 3.14. The van der Waals surface area contributed by atoms with Gasteiger partial charge in [-0.05, 0) is 36.8 Å². The predicted octanol–water partition coefficient (Wildman–Crippen LogP) is 2.57. The van der Waals surface area contributed by atoms with E-state index < -0.39 is 5.97 Å². The SMILES string of the molecule is Cc1cccc(CC(=O)OCC(=O)N2CCN(c3ccc(F)cc3)CC2)c1. The second kappa shape index (κ2) is 8.66. The van der Waals surface area contributed by atoms with Crippen molar-refractivity contribution in [3.63, 3.8) is 0 Å². The normalized spacial score (nSPS) is 14.1. The van der Waals surface area contributed by atoms with Crippen LogP contribution in [0, 0.1) is 12.7 Å². The maximum Gasteiger partial charge on any atom is 0.310 e. The molecule has 0 aliphatic carbocycles. The molecule has 1 saturated heterocycles. The van der Waals surface area contributed by atoms with Gasteiger partial charge in [-0.15, -0.1) is 0 Å². The Morgan fingerprint density at radius 3 is 2.41 bits per heavy atom. The van der Waals surface area contributed by atoms with Gasteiger partial charge in [-0.1, -0.05) is 29.8 Å². The van der Waals surface area contributed by atoms with Crippen LogP contribution in [0.15, 0.2) is 48.5 Å². The van der Waals surface area contributed by atoms with Crippen LogP contribution in [0.3, 0.4) is 0 Å². The summed E-state index contributed by atoms with van der Waals surface area (Å²) in [5.74, 6) is -0.856. The summed E-state index contributed by atoms with van der Waals surface area (Å²) < 4.78 is 18.2. The Kier molecular flexibility index (Phi) is 6.06. The van der Waals surface area contributed by atoms with E-state index >= 15 is 0 Å². The summed E-state index contributed by atoms with van der Waals surface area (Å²) in [5, 5.41) is 0. The number of amides is 1. The molecule has 2 aromatic rings. The lowest BCUT2D eigenvalue weighted by Gasteiger charge is -2.36. The summed E-state index contributed by atoms with van der Waals surface area (Å²) in [7, 11) is 0. The molecular formula is C21H23FN2O3. The van der Waals surface area contributed by atoms with E-state index in [4.69, 9.17) is 4.74 Å². The first-order chi connectivity index (χ1) is 13.0. The fraction of sp³-hybridized carbons (Fsp3) is 0.333. The Hall–Kier alpha value is -2.89. The van der Waals surface area contributed by atoms with Crippen LogP contribution >= 0.6 is 0 Å². The Morgan fingerprint density at radius 1 is 1.04 bits per heavy atom. The number of piperazine rings is 1. The Balaban J connectivity index is 1.42. The highest BCUT2D eigenvalue weighted by Crippen LogP contribution is 2.17. The number of ether oxygens (including phenoxy) is 1. The highest BCUT2D eigenvalue weighted by atomic mass is 19.1. The first-order valence-corrected chi connectivity index (χ1v) is 9.01. The van der Waals surface area contributed by atoms with E-state index in [2.05, 4.69) is 4.90 Å². The number of hydrogen-bond acceptors (Lipinski definition) is 4. The third-order valence-electron chi connectivity index (χ3n) is 4.61. The molecule has 0 atom stereocenters. The fourth-order valence-corrected chi connectivity index (χ4v) is 3.14. The second-order valence-electron chi connectivity index (χ2n) is 6.67. The van der Waals surface area contributed by atoms with Gasteiger partial charge in [0.2, 0.25) is 0 Å². The van der Waals surface area contributed by atoms with Crippen LogP contribution in [-0.4, -0.2) is 49.6 Å². The van der Waals surface area contributed by atoms with E-state index in [9.17, 15) is 14.0 Å². The number of anilines is 1. The predicted molar refractivity (Wildman–Crippen MR) is 101 cm³/mol. The van der Waals surface area contributed by atoms with Gasteiger partial charge in [0.1, 0.15) is 5.82 Å². The van der Waals surface area contributed by atoms with E-state index in [1.807, 2.05) is 31.2 Å². The molecule has 0 saturated carbocycles. The minimum absolute atomic E-state index is 0.160. The molecule has 0 bridgehead atoms. The van der Waals surface area contributed by atoms with Crippen molar-refractivity contribution in [2.24, 2.45) is 0 Å². The number of carbonyl (C=O) groups is 2. The molecule has 0 unspecified atom stereocenters. The van der Waals surface area contributed by atoms with Crippen molar-refractivity contribution in [1.29, 1.82) is 0 Å². The third kappa shape index (κ3) is 5.29. The van der Waals surface area contributed by atoms with Crippen LogP contribution in [0.2, 0.25) is 0 Å². The van der Waals surface area contributed by atoms with Crippen LogP contribution in [0.5, 0.6) is 0 Å². The monoisotopic (exact) mass is 370 g/mol. The highest BCUT2D eigenvalue weighted by molar-refractivity contribution is 5.81. The van der Waals surface area contributed by atoms with Gasteiger partial charge >= 0.3 is 5.97 Å². The van der Waals surface area contributed by atoms with Crippen LogP contribution in [0.1, 0.15) is 11.1 Å². The lowest BCUT2D eigenvalue weighted by Crippen LogP contribution is -2.50. The van der Waals surface area contributed by atoms with Crippen LogP contribution < -0.4 is 4.90 Å². The van der Waals surface area contributed by atoms with Gasteiger partial charge in [0.05, 0.1) is 6.42 Å². The summed E-state index contributed by atoms with van der Waals surface area (Å²) in [5.41, 5.74) is 2.89. The van der Waals surface area contributed by atoms with Crippen molar-refractivity contribution in [3.05, 3.63) is 65.5 Å². The van der Waals surface area contributed by atoms with Crippen molar-refractivity contribution in [1.82, 2.24) is 4.90 Å². The van der Waals surface area contributed by atoms with E-state index in [1.165, 1.54) is 12.1 Å². The van der Waals surface area contributed by atoms with Gasteiger partial charge in [-0.3, -0.25) is 9.59 Å². The quantitative estimate of drug-likeness (QED) is 0.759. The maximum absolute atomic E-state index is 13.0. The molecule has 0 aromatic heterocycles. The largest absolute Gasteiger partial charge is 0.455 e. The van der Waals surface area contributed by atoms with Crippen molar-refractivity contribution < 1.29 is 18.7 Å². The molecule has 1 fully saturated rings. The molecular weight excluding hydrogens is 347 g/mol. The number of aryl methyl sites for hydroxylation is 1. The van der Waals surface area contributed by atoms with Crippen molar-refractivity contribution in [3.8, 4) is 0 Å². The van der Waals surface area contributed by atoms with Crippen LogP contribution in [0.4, 0.5) is 10.1 Å². The summed E-state index contributed by atoms with van der Waals surface area (Å²) in [6, 6.07) is 14.0. The summed E-state index contributed by atoms with van der Waals surface area (Å²) >= 11 is 0. The molecule has 3 rings (SSSR count). The number of rotatable bonds is 5. The molecule has 1 amide bonds.